The van der Waals surface area contributed by atoms with Gasteiger partial charge < -0.3 is 14.3 Å². The molecule has 0 saturated carbocycles. The van der Waals surface area contributed by atoms with E-state index in [0.29, 0.717) is 22.6 Å². The van der Waals surface area contributed by atoms with Crippen LogP contribution in [0.15, 0.2) is 22.6 Å². The van der Waals surface area contributed by atoms with Crippen molar-refractivity contribution in [3.05, 3.63) is 29.7 Å². The van der Waals surface area contributed by atoms with Crippen molar-refractivity contribution in [1.82, 2.24) is 4.98 Å². The highest BCUT2D eigenvalue weighted by Crippen LogP contribution is 2.21. The maximum absolute atomic E-state index is 11.4. The maximum Gasteiger partial charge on any atom is 0.339 e. The first-order valence-corrected chi connectivity index (χ1v) is 5.33. The minimum Gasteiger partial charge on any atom is -0.464 e. The van der Waals surface area contributed by atoms with Gasteiger partial charge in [0.25, 0.3) is 0 Å². The van der Waals surface area contributed by atoms with Crippen molar-refractivity contribution >= 4 is 17.1 Å². The Labute approximate surface area is 98.0 Å². The van der Waals surface area contributed by atoms with Crippen LogP contribution in [0, 0.1) is 6.92 Å². The van der Waals surface area contributed by atoms with Gasteiger partial charge in [-0.05, 0) is 24.6 Å². The fraction of sp³-hybridized carbons (Fsp3) is 0.333. The minimum atomic E-state index is -1.29. The zero-order chi connectivity index (χ0) is 12.4. The van der Waals surface area contributed by atoms with Crippen LogP contribution in [0.1, 0.15) is 24.5 Å². The molecule has 0 spiro atoms. The molecular formula is C12H13NO4. The van der Waals surface area contributed by atoms with Crippen LogP contribution >= 0.6 is 0 Å². The predicted octanol–water partition coefficient (Wildman–Crippen LogP) is 1.73. The molecule has 17 heavy (non-hydrogen) atoms. The standard InChI is InChI=1S/C12H13NO4/c1-3-16-12(15)11(14)8-4-5-9-10(6-8)17-7(2)13-9/h4-6,11,14H,3H2,1-2H3. The SMILES string of the molecule is CCOC(=O)C(O)c1ccc2nc(C)oc2c1. The molecule has 5 heteroatoms. The predicted molar refractivity (Wildman–Crippen MR) is 60.3 cm³/mol. The third-order valence-electron chi connectivity index (χ3n) is 2.35. The molecule has 0 amide bonds. The van der Waals surface area contributed by atoms with E-state index in [1.807, 2.05) is 0 Å². The molecule has 2 rings (SSSR count). The Hall–Kier alpha value is -1.88. The molecule has 5 nitrogen and oxygen atoms in total. The molecule has 1 N–H and O–H groups in total. The van der Waals surface area contributed by atoms with Crippen molar-refractivity contribution in [2.45, 2.75) is 20.0 Å². The molecule has 0 bridgehead atoms. The van der Waals surface area contributed by atoms with Crippen LogP contribution in [-0.4, -0.2) is 22.7 Å². The van der Waals surface area contributed by atoms with Gasteiger partial charge in [0.2, 0.25) is 0 Å². The van der Waals surface area contributed by atoms with Crippen LogP contribution in [0.4, 0.5) is 0 Å². The number of oxazole rings is 1. The number of hydrogen-bond donors (Lipinski definition) is 1. The summed E-state index contributed by atoms with van der Waals surface area (Å²) in [7, 11) is 0. The molecule has 0 radical (unpaired) electrons. The van der Waals surface area contributed by atoms with Gasteiger partial charge in [-0.3, -0.25) is 0 Å². The molecule has 0 saturated heterocycles. The lowest BCUT2D eigenvalue weighted by atomic mass is 10.1. The van der Waals surface area contributed by atoms with Crippen LogP contribution in [0.25, 0.3) is 11.1 Å². The highest BCUT2D eigenvalue weighted by Gasteiger charge is 2.19. The number of aryl methyl sites for hydroxylation is 1. The van der Waals surface area contributed by atoms with Crippen molar-refractivity contribution in [3.63, 3.8) is 0 Å². The monoisotopic (exact) mass is 235 g/mol. The number of carbonyl (C=O) groups is 1. The van der Waals surface area contributed by atoms with Crippen LogP contribution in [0.5, 0.6) is 0 Å². The lowest BCUT2D eigenvalue weighted by molar-refractivity contribution is -0.153. The Morgan fingerprint density at radius 2 is 2.35 bits per heavy atom. The van der Waals surface area contributed by atoms with E-state index in [0.717, 1.165) is 0 Å². The molecule has 1 heterocycles. The van der Waals surface area contributed by atoms with E-state index in [1.54, 1.807) is 32.0 Å². The Bertz CT molecular complexity index is 546. The van der Waals surface area contributed by atoms with Crippen LogP contribution < -0.4 is 0 Å². The summed E-state index contributed by atoms with van der Waals surface area (Å²) < 4.78 is 10.1. The number of benzene rings is 1. The fourth-order valence-electron chi connectivity index (χ4n) is 1.58. The number of hydrogen-bond acceptors (Lipinski definition) is 5. The first kappa shape index (κ1) is 11.6. The van der Waals surface area contributed by atoms with Crippen molar-refractivity contribution in [2.24, 2.45) is 0 Å². The van der Waals surface area contributed by atoms with Gasteiger partial charge in [0, 0.05) is 6.92 Å². The number of rotatable bonds is 3. The number of nitrogens with zero attached hydrogens (tertiary/aromatic N) is 1. The summed E-state index contributed by atoms with van der Waals surface area (Å²) in [4.78, 5) is 15.5. The maximum atomic E-state index is 11.4. The van der Waals surface area contributed by atoms with Crippen molar-refractivity contribution in [2.75, 3.05) is 6.61 Å². The lowest BCUT2D eigenvalue weighted by Crippen LogP contribution is -2.15. The molecule has 90 valence electrons. The first-order valence-electron chi connectivity index (χ1n) is 5.33. The summed E-state index contributed by atoms with van der Waals surface area (Å²) >= 11 is 0. The topological polar surface area (TPSA) is 72.6 Å². The Morgan fingerprint density at radius 1 is 1.59 bits per heavy atom. The molecule has 1 unspecified atom stereocenters. The summed E-state index contributed by atoms with van der Waals surface area (Å²) in [6.45, 7) is 3.66. The van der Waals surface area contributed by atoms with Gasteiger partial charge >= 0.3 is 5.97 Å². The number of fused-ring (bicyclic) bond motifs is 1. The summed E-state index contributed by atoms with van der Waals surface area (Å²) in [5, 5.41) is 9.75. The Kier molecular flexibility index (Phi) is 3.10. The average molecular weight is 235 g/mol. The number of aliphatic hydroxyl groups is 1. The molecule has 0 aliphatic heterocycles. The number of aliphatic hydroxyl groups excluding tert-OH is 1. The van der Waals surface area contributed by atoms with Crippen LogP contribution in [-0.2, 0) is 9.53 Å². The number of aromatic nitrogens is 1. The van der Waals surface area contributed by atoms with Crippen molar-refractivity contribution < 1.29 is 19.1 Å². The Balaban J connectivity index is 2.32. The summed E-state index contributed by atoms with van der Waals surface area (Å²) in [5.74, 6) is -0.120. The zero-order valence-corrected chi connectivity index (χ0v) is 9.64. The molecule has 1 aromatic carbocycles. The minimum absolute atomic E-state index is 0.236. The van der Waals surface area contributed by atoms with E-state index >= 15 is 0 Å². The average Bonchev–Trinajstić information content (AvgIpc) is 2.67. The van der Waals surface area contributed by atoms with Gasteiger partial charge in [0.15, 0.2) is 17.6 Å². The molecule has 0 aliphatic rings. The molecule has 1 atom stereocenters. The van der Waals surface area contributed by atoms with Gasteiger partial charge in [0.05, 0.1) is 6.61 Å². The largest absolute Gasteiger partial charge is 0.464 e. The highest BCUT2D eigenvalue weighted by atomic mass is 16.5. The van der Waals surface area contributed by atoms with Crippen LogP contribution in [0.2, 0.25) is 0 Å². The lowest BCUT2D eigenvalue weighted by Gasteiger charge is -2.09. The first-order chi connectivity index (χ1) is 8.11. The third kappa shape index (κ3) is 2.29. The zero-order valence-electron chi connectivity index (χ0n) is 9.64. The number of ether oxygens (including phenoxy) is 1. The van der Waals surface area contributed by atoms with Crippen molar-refractivity contribution in [3.8, 4) is 0 Å². The van der Waals surface area contributed by atoms with Gasteiger partial charge in [-0.25, -0.2) is 9.78 Å². The quantitative estimate of drug-likeness (QED) is 0.820. The summed E-state index contributed by atoms with van der Waals surface area (Å²) in [5.41, 5.74) is 1.68. The molecule has 2 aromatic rings. The van der Waals surface area contributed by atoms with Gasteiger partial charge in [-0.15, -0.1) is 0 Å². The highest BCUT2D eigenvalue weighted by molar-refractivity contribution is 5.79. The second-order valence-electron chi connectivity index (χ2n) is 3.61. The van der Waals surface area contributed by atoms with Crippen LogP contribution in [0.3, 0.4) is 0 Å². The molecule has 0 aliphatic carbocycles. The van der Waals surface area contributed by atoms with E-state index in [1.165, 1.54) is 0 Å². The van der Waals surface area contributed by atoms with E-state index in [9.17, 15) is 9.90 Å². The molecule has 0 fully saturated rings. The summed E-state index contributed by atoms with van der Waals surface area (Å²) in [6.07, 6.45) is -1.29. The van der Waals surface area contributed by atoms with Gasteiger partial charge in [-0.2, -0.15) is 0 Å². The van der Waals surface area contributed by atoms with E-state index < -0.39 is 12.1 Å². The second kappa shape index (κ2) is 4.55. The third-order valence-corrected chi connectivity index (χ3v) is 2.35. The van der Waals surface area contributed by atoms with Crippen molar-refractivity contribution in [1.29, 1.82) is 0 Å². The number of esters is 1. The van der Waals surface area contributed by atoms with E-state index in [-0.39, 0.29) is 6.61 Å². The molecular weight excluding hydrogens is 222 g/mol. The second-order valence-corrected chi connectivity index (χ2v) is 3.61. The number of carbonyl (C=O) groups excluding carboxylic acids is 1. The molecule has 1 aromatic heterocycles. The van der Waals surface area contributed by atoms with Gasteiger partial charge in [0.1, 0.15) is 5.52 Å². The van der Waals surface area contributed by atoms with E-state index in [2.05, 4.69) is 4.98 Å². The van der Waals surface area contributed by atoms with Gasteiger partial charge in [-0.1, -0.05) is 6.07 Å². The van der Waals surface area contributed by atoms with E-state index in [4.69, 9.17) is 9.15 Å². The smallest absolute Gasteiger partial charge is 0.339 e. The Morgan fingerprint density at radius 3 is 3.06 bits per heavy atom. The normalized spacial score (nSPS) is 12.6. The summed E-state index contributed by atoms with van der Waals surface area (Å²) in [6, 6.07) is 4.92. The fourth-order valence-corrected chi connectivity index (χ4v) is 1.58.